The fraction of sp³-hybridized carbons (Fsp3) is 0.211. The van der Waals surface area contributed by atoms with E-state index in [1.165, 1.54) is 18.2 Å². The number of alkyl halides is 5. The molecular weight excluding hydrogens is 465 g/mol. The van der Waals surface area contributed by atoms with E-state index in [4.69, 9.17) is 11.6 Å². The Kier molecular flexibility index (Phi) is 6.26. The van der Waals surface area contributed by atoms with Crippen molar-refractivity contribution in [1.29, 1.82) is 0 Å². The number of urea groups is 1. The lowest BCUT2D eigenvalue weighted by atomic mass is 9.89. The van der Waals surface area contributed by atoms with Gasteiger partial charge >= 0.3 is 18.8 Å². The summed E-state index contributed by atoms with van der Waals surface area (Å²) < 4.78 is 70.4. The molecule has 0 saturated carbocycles. The number of rotatable bonds is 6. The van der Waals surface area contributed by atoms with Gasteiger partial charge in [0.1, 0.15) is 12.3 Å². The summed E-state index contributed by atoms with van der Waals surface area (Å²) in [4.78, 5) is 37.3. The van der Waals surface area contributed by atoms with Gasteiger partial charge in [-0.15, -0.1) is 0 Å². The van der Waals surface area contributed by atoms with E-state index in [0.29, 0.717) is 0 Å². The van der Waals surface area contributed by atoms with Crippen LogP contribution < -0.4 is 15.4 Å². The first kappa shape index (κ1) is 23.3. The van der Waals surface area contributed by atoms with E-state index in [2.05, 4.69) is 10.1 Å². The minimum atomic E-state index is -5.19. The Morgan fingerprint density at radius 3 is 2.38 bits per heavy atom. The van der Waals surface area contributed by atoms with Crippen LogP contribution in [0.5, 0.6) is 5.75 Å². The van der Waals surface area contributed by atoms with Crippen molar-refractivity contribution in [2.45, 2.75) is 18.3 Å². The average molecular weight is 478 g/mol. The first-order valence-corrected chi connectivity index (χ1v) is 9.14. The zero-order chi connectivity index (χ0) is 23.7. The fourth-order valence-corrected chi connectivity index (χ4v) is 3.30. The van der Waals surface area contributed by atoms with E-state index in [0.717, 1.165) is 30.3 Å². The highest BCUT2D eigenvalue weighted by molar-refractivity contribution is 6.32. The number of anilines is 1. The highest BCUT2D eigenvalue weighted by Crippen LogP contribution is 2.43. The van der Waals surface area contributed by atoms with Gasteiger partial charge in [0.25, 0.3) is 5.91 Å². The van der Waals surface area contributed by atoms with E-state index < -0.39 is 48.3 Å². The molecule has 170 valence electrons. The third-order valence-corrected chi connectivity index (χ3v) is 4.77. The summed E-state index contributed by atoms with van der Waals surface area (Å²) in [5.74, 6) is -3.07. The van der Waals surface area contributed by atoms with Crippen LogP contribution in [0.15, 0.2) is 48.5 Å². The minimum Gasteiger partial charge on any atom is -0.433 e. The molecule has 0 spiro atoms. The molecule has 1 fully saturated rings. The summed E-state index contributed by atoms with van der Waals surface area (Å²) in [6, 6.07) is 7.83. The maximum atomic E-state index is 13.9. The second kappa shape index (κ2) is 8.61. The maximum Gasteiger partial charge on any atom is 0.425 e. The Hall–Kier alpha value is -3.41. The van der Waals surface area contributed by atoms with E-state index >= 15 is 0 Å². The van der Waals surface area contributed by atoms with Gasteiger partial charge in [0.05, 0.1) is 5.02 Å². The number of ether oxygens (including phenoxy) is 1. The van der Waals surface area contributed by atoms with Gasteiger partial charge in [-0.1, -0.05) is 41.9 Å². The number of benzene rings is 2. The highest BCUT2D eigenvalue weighted by Gasteiger charge is 2.68. The van der Waals surface area contributed by atoms with Gasteiger partial charge in [0.2, 0.25) is 11.4 Å². The topological polar surface area (TPSA) is 87.7 Å². The predicted octanol–water partition coefficient (Wildman–Crippen LogP) is 3.89. The standard InChI is InChI=1S/C19H13ClF5N3O4/c20-12-8-11(6-7-13(12)32-16(21)22)26-14(29)9-28-15(30)18(19(23,24)25,27-17(28)31)10-4-2-1-3-5-10/h1-8,16H,9H2,(H,26,29)(H,27,31). The van der Waals surface area contributed by atoms with Gasteiger partial charge in [0, 0.05) is 5.69 Å². The number of hydrogen-bond donors (Lipinski definition) is 2. The smallest absolute Gasteiger partial charge is 0.425 e. The molecule has 1 aliphatic rings. The van der Waals surface area contributed by atoms with Crippen molar-refractivity contribution >= 4 is 35.1 Å². The molecule has 0 bridgehead atoms. The summed E-state index contributed by atoms with van der Waals surface area (Å²) in [6.45, 7) is -4.17. The largest absolute Gasteiger partial charge is 0.433 e. The number of halogens is 6. The van der Waals surface area contributed by atoms with Crippen molar-refractivity contribution in [3.05, 3.63) is 59.1 Å². The normalized spacial score (nSPS) is 18.7. The molecule has 1 aliphatic heterocycles. The monoisotopic (exact) mass is 477 g/mol. The minimum absolute atomic E-state index is 0.0289. The van der Waals surface area contributed by atoms with Crippen LogP contribution in [0.3, 0.4) is 0 Å². The summed E-state index contributed by atoms with van der Waals surface area (Å²) in [5.41, 5.74) is -3.89. The number of hydrogen-bond acceptors (Lipinski definition) is 4. The maximum absolute atomic E-state index is 13.9. The van der Waals surface area contributed by atoms with Crippen LogP contribution in [-0.2, 0) is 15.1 Å². The fourth-order valence-electron chi connectivity index (χ4n) is 3.07. The Labute approximate surface area is 182 Å². The van der Waals surface area contributed by atoms with Crippen LogP contribution in [-0.4, -0.2) is 42.1 Å². The van der Waals surface area contributed by atoms with Crippen LogP contribution in [0, 0.1) is 0 Å². The number of amides is 4. The molecule has 0 radical (unpaired) electrons. The van der Waals surface area contributed by atoms with Crippen LogP contribution in [0.25, 0.3) is 0 Å². The molecule has 0 aliphatic carbocycles. The molecule has 1 atom stereocenters. The summed E-state index contributed by atoms with van der Waals surface area (Å²) in [7, 11) is 0. The van der Waals surface area contributed by atoms with Crippen molar-refractivity contribution in [1.82, 2.24) is 10.2 Å². The zero-order valence-electron chi connectivity index (χ0n) is 15.8. The molecule has 2 N–H and O–H groups in total. The lowest BCUT2D eigenvalue weighted by Crippen LogP contribution is -2.55. The van der Waals surface area contributed by atoms with E-state index in [9.17, 15) is 36.3 Å². The van der Waals surface area contributed by atoms with E-state index in [1.807, 2.05) is 0 Å². The Balaban J connectivity index is 1.79. The molecule has 32 heavy (non-hydrogen) atoms. The first-order valence-electron chi connectivity index (χ1n) is 8.76. The molecule has 4 amide bonds. The second-order valence-corrected chi connectivity index (χ2v) is 6.91. The third-order valence-electron chi connectivity index (χ3n) is 4.47. The number of imide groups is 1. The molecule has 1 heterocycles. The van der Waals surface area contributed by atoms with Crippen LogP contribution in [0.1, 0.15) is 5.56 Å². The Morgan fingerprint density at radius 2 is 1.81 bits per heavy atom. The number of nitrogens with zero attached hydrogens (tertiary/aromatic N) is 1. The quantitative estimate of drug-likeness (QED) is 0.488. The molecule has 3 rings (SSSR count). The Morgan fingerprint density at radius 1 is 1.16 bits per heavy atom. The van der Waals surface area contributed by atoms with Crippen molar-refractivity contribution in [2.75, 3.05) is 11.9 Å². The number of carbonyl (C=O) groups excluding carboxylic acids is 3. The van der Waals surface area contributed by atoms with Crippen molar-refractivity contribution in [2.24, 2.45) is 0 Å². The average Bonchev–Trinajstić information content (AvgIpc) is 2.96. The van der Waals surface area contributed by atoms with Crippen LogP contribution >= 0.6 is 11.6 Å². The number of carbonyl (C=O) groups is 3. The van der Waals surface area contributed by atoms with Gasteiger partial charge in [-0.05, 0) is 23.8 Å². The van der Waals surface area contributed by atoms with Crippen LogP contribution in [0.2, 0.25) is 5.02 Å². The predicted molar refractivity (Wildman–Crippen MR) is 101 cm³/mol. The highest BCUT2D eigenvalue weighted by atomic mass is 35.5. The Bertz CT molecular complexity index is 1050. The molecule has 1 unspecified atom stereocenters. The molecular formula is C19H13ClF5N3O4. The summed E-state index contributed by atoms with van der Waals surface area (Å²) in [6.07, 6.45) is -5.19. The van der Waals surface area contributed by atoms with E-state index in [1.54, 1.807) is 5.32 Å². The molecule has 1 saturated heterocycles. The van der Waals surface area contributed by atoms with Gasteiger partial charge in [0.15, 0.2) is 0 Å². The molecule has 13 heteroatoms. The number of nitrogens with one attached hydrogen (secondary N) is 2. The van der Waals surface area contributed by atoms with Crippen molar-refractivity contribution in [3.8, 4) is 5.75 Å². The lowest BCUT2D eigenvalue weighted by molar-refractivity contribution is -0.198. The van der Waals surface area contributed by atoms with Crippen molar-refractivity contribution < 1.29 is 41.1 Å². The first-order chi connectivity index (χ1) is 15.0. The lowest BCUT2D eigenvalue weighted by Gasteiger charge is -2.29. The van der Waals surface area contributed by atoms with Gasteiger partial charge < -0.3 is 15.4 Å². The molecule has 7 nitrogen and oxygen atoms in total. The summed E-state index contributed by atoms with van der Waals surface area (Å²) in [5, 5.41) is 3.59. The van der Waals surface area contributed by atoms with E-state index in [-0.39, 0.29) is 21.4 Å². The molecule has 2 aromatic rings. The SMILES string of the molecule is O=C(CN1C(=O)NC(c2ccccc2)(C(F)(F)F)C1=O)Nc1ccc(OC(F)F)c(Cl)c1. The van der Waals surface area contributed by atoms with Crippen molar-refractivity contribution in [3.63, 3.8) is 0 Å². The van der Waals surface area contributed by atoms with Gasteiger partial charge in [-0.3, -0.25) is 14.5 Å². The second-order valence-electron chi connectivity index (χ2n) is 6.51. The molecule has 0 aromatic heterocycles. The summed E-state index contributed by atoms with van der Waals surface area (Å²) >= 11 is 5.77. The zero-order valence-corrected chi connectivity index (χ0v) is 16.5. The molecule has 2 aromatic carbocycles. The van der Waals surface area contributed by atoms with Gasteiger partial charge in [-0.25, -0.2) is 4.79 Å². The third kappa shape index (κ3) is 4.31. The van der Waals surface area contributed by atoms with Gasteiger partial charge in [-0.2, -0.15) is 22.0 Å². The van der Waals surface area contributed by atoms with Crippen LogP contribution in [0.4, 0.5) is 32.4 Å².